The molecule has 6 rings (SSSR count). The van der Waals surface area contributed by atoms with Crippen LogP contribution in [0.2, 0.25) is 5.02 Å². The van der Waals surface area contributed by atoms with Crippen molar-refractivity contribution >= 4 is 29.0 Å². The molecular formula is C24H25ClFN3O3. The number of carbonyl (C=O) groups excluding carboxylic acids is 2. The van der Waals surface area contributed by atoms with E-state index in [-0.39, 0.29) is 40.0 Å². The highest BCUT2D eigenvalue weighted by atomic mass is 35.5. The van der Waals surface area contributed by atoms with Crippen LogP contribution in [0.15, 0.2) is 36.5 Å². The summed E-state index contributed by atoms with van der Waals surface area (Å²) >= 11 is 5.65. The molecule has 0 spiro atoms. The first kappa shape index (κ1) is 21.2. The fourth-order valence-electron chi connectivity index (χ4n) is 5.54. The van der Waals surface area contributed by atoms with E-state index in [2.05, 4.69) is 15.2 Å². The first-order chi connectivity index (χ1) is 15.4. The maximum absolute atomic E-state index is 13.5. The minimum atomic E-state index is -0.575. The maximum atomic E-state index is 13.5. The summed E-state index contributed by atoms with van der Waals surface area (Å²) in [4.78, 5) is 31.7. The van der Waals surface area contributed by atoms with E-state index in [0.29, 0.717) is 12.1 Å². The Balaban J connectivity index is 1.10. The van der Waals surface area contributed by atoms with Gasteiger partial charge >= 0.3 is 0 Å². The van der Waals surface area contributed by atoms with Crippen molar-refractivity contribution in [3.8, 4) is 5.75 Å². The van der Waals surface area contributed by atoms with E-state index in [0.717, 1.165) is 38.0 Å². The van der Waals surface area contributed by atoms with Crippen molar-refractivity contribution in [3.05, 3.63) is 53.1 Å². The van der Waals surface area contributed by atoms with Crippen molar-refractivity contribution < 1.29 is 18.7 Å². The number of carbonyl (C=O) groups is 2. The minimum Gasteiger partial charge on any atom is -0.486 e. The summed E-state index contributed by atoms with van der Waals surface area (Å²) in [5.41, 5.74) is 1.21. The highest BCUT2D eigenvalue weighted by molar-refractivity contribution is 6.30. The van der Waals surface area contributed by atoms with Crippen molar-refractivity contribution in [1.29, 1.82) is 0 Å². The lowest BCUT2D eigenvalue weighted by Gasteiger charge is -2.70. The second-order valence-corrected chi connectivity index (χ2v) is 9.85. The molecule has 3 saturated carbocycles. The third-order valence-corrected chi connectivity index (χ3v) is 7.14. The van der Waals surface area contributed by atoms with E-state index >= 15 is 0 Å². The molecule has 1 aliphatic heterocycles. The number of hydrogen-bond donors (Lipinski definition) is 1. The van der Waals surface area contributed by atoms with Crippen molar-refractivity contribution in [1.82, 2.24) is 10.3 Å². The number of nitrogens with one attached hydrogen (secondary N) is 1. The smallest absolute Gasteiger partial charge is 0.270 e. The fraction of sp³-hybridized carbons (Fsp3) is 0.458. The highest BCUT2D eigenvalue weighted by Crippen LogP contribution is 2.69. The van der Waals surface area contributed by atoms with Crippen LogP contribution in [-0.2, 0) is 4.79 Å². The Hall–Kier alpha value is -2.67. The summed E-state index contributed by atoms with van der Waals surface area (Å²) in [6, 6.07) is 7.93. The number of pyridine rings is 1. The van der Waals surface area contributed by atoms with Crippen molar-refractivity contribution in [3.63, 3.8) is 0 Å². The van der Waals surface area contributed by atoms with Gasteiger partial charge in [-0.1, -0.05) is 11.6 Å². The summed E-state index contributed by atoms with van der Waals surface area (Å²) in [5.74, 6) is -0.474. The van der Waals surface area contributed by atoms with E-state index in [1.807, 2.05) is 12.1 Å². The quantitative estimate of drug-likeness (QED) is 0.644. The Bertz CT molecular complexity index is 1050. The number of rotatable bonds is 8. The molecule has 1 saturated heterocycles. The molecule has 0 unspecified atom stereocenters. The average Bonchev–Trinajstić information content (AvgIpc) is 3.27. The van der Waals surface area contributed by atoms with E-state index in [1.165, 1.54) is 31.0 Å². The Labute approximate surface area is 191 Å². The summed E-state index contributed by atoms with van der Waals surface area (Å²) in [6.07, 6.45) is 6.82. The fourth-order valence-corrected chi connectivity index (χ4v) is 5.66. The molecule has 2 aromatic rings. The Morgan fingerprint density at radius 1 is 1.16 bits per heavy atom. The predicted molar refractivity (Wildman–Crippen MR) is 119 cm³/mol. The molecule has 3 aliphatic carbocycles. The van der Waals surface area contributed by atoms with Crippen LogP contribution in [-0.4, -0.2) is 41.9 Å². The summed E-state index contributed by atoms with van der Waals surface area (Å²) < 4.78 is 18.9. The van der Waals surface area contributed by atoms with Gasteiger partial charge in [0, 0.05) is 43.0 Å². The van der Waals surface area contributed by atoms with Gasteiger partial charge in [-0.2, -0.15) is 0 Å². The number of aromatic nitrogens is 1. The minimum absolute atomic E-state index is 0.0165. The number of benzene rings is 1. The lowest BCUT2D eigenvalue weighted by Crippen LogP contribution is -2.75. The number of hydrogen-bond acceptors (Lipinski definition) is 5. The van der Waals surface area contributed by atoms with E-state index in [1.54, 1.807) is 6.20 Å². The first-order valence-corrected chi connectivity index (χ1v) is 11.4. The molecule has 2 heterocycles. The van der Waals surface area contributed by atoms with E-state index in [9.17, 15) is 14.0 Å². The molecule has 6 nitrogen and oxygen atoms in total. The van der Waals surface area contributed by atoms with Gasteiger partial charge in [-0.05, 0) is 61.8 Å². The van der Waals surface area contributed by atoms with Gasteiger partial charge in [0.1, 0.15) is 23.9 Å². The Morgan fingerprint density at radius 2 is 1.91 bits per heavy atom. The number of amides is 1. The summed E-state index contributed by atoms with van der Waals surface area (Å²) in [7, 11) is 0. The second-order valence-electron chi connectivity index (χ2n) is 9.44. The van der Waals surface area contributed by atoms with Crippen LogP contribution in [0.4, 0.5) is 10.1 Å². The third kappa shape index (κ3) is 4.06. The van der Waals surface area contributed by atoms with Gasteiger partial charge in [-0.3, -0.25) is 14.6 Å². The van der Waals surface area contributed by atoms with Gasteiger partial charge in [-0.25, -0.2) is 4.39 Å². The van der Waals surface area contributed by atoms with Crippen molar-refractivity contribution in [2.45, 2.75) is 44.1 Å². The van der Waals surface area contributed by atoms with Crippen LogP contribution < -0.4 is 15.0 Å². The first-order valence-electron chi connectivity index (χ1n) is 11.0. The molecule has 32 heavy (non-hydrogen) atoms. The zero-order chi connectivity index (χ0) is 22.3. The molecular weight excluding hydrogens is 433 g/mol. The number of anilines is 1. The van der Waals surface area contributed by atoms with Crippen LogP contribution in [0.25, 0.3) is 0 Å². The van der Waals surface area contributed by atoms with Gasteiger partial charge in [0.05, 0.1) is 5.02 Å². The summed E-state index contributed by atoms with van der Waals surface area (Å²) in [5, 5.41) is 3.16. The lowest BCUT2D eigenvalue weighted by atomic mass is 9.38. The molecule has 4 fully saturated rings. The molecule has 168 valence electrons. The Kier molecular flexibility index (Phi) is 5.32. The number of Topliss-reactive ketones (excluding diaryl/α,β-unsaturated/α-hetero) is 1. The molecule has 1 aromatic carbocycles. The van der Waals surface area contributed by atoms with Crippen molar-refractivity contribution in [2.24, 2.45) is 5.41 Å². The molecule has 1 amide bonds. The van der Waals surface area contributed by atoms with E-state index < -0.39 is 5.82 Å². The normalized spacial score (nSPS) is 25.6. The van der Waals surface area contributed by atoms with Crippen LogP contribution in [0.1, 0.15) is 49.0 Å². The van der Waals surface area contributed by atoms with Crippen molar-refractivity contribution in [2.75, 3.05) is 24.6 Å². The van der Waals surface area contributed by atoms with Crippen LogP contribution in [0.3, 0.4) is 0 Å². The molecule has 8 heteroatoms. The largest absolute Gasteiger partial charge is 0.486 e. The van der Waals surface area contributed by atoms with Gasteiger partial charge in [-0.15, -0.1) is 0 Å². The van der Waals surface area contributed by atoms with Gasteiger partial charge in [0.25, 0.3) is 5.91 Å². The maximum Gasteiger partial charge on any atom is 0.270 e. The topological polar surface area (TPSA) is 71.5 Å². The molecule has 0 radical (unpaired) electrons. The van der Waals surface area contributed by atoms with Gasteiger partial charge in [0.15, 0.2) is 5.78 Å². The number of halogens is 2. The monoisotopic (exact) mass is 457 g/mol. The molecule has 1 aromatic heterocycles. The zero-order valence-corrected chi connectivity index (χ0v) is 18.5. The Morgan fingerprint density at radius 3 is 2.62 bits per heavy atom. The lowest BCUT2D eigenvalue weighted by molar-refractivity contribution is -0.162. The standard InChI is InChI=1S/C24H25ClFN3O3/c25-19-4-3-18(10-20(19)26)32-12-17(30)11-23-13-24(14-23,15-23)28-22(31)21-9-16(5-6-27-21)29-7-1-2-8-29/h3-6,9-10H,1-2,7-8,11-15H2,(H,28,31). The predicted octanol–water partition coefficient (Wildman–Crippen LogP) is 4.17. The van der Waals surface area contributed by atoms with Crippen LogP contribution in [0.5, 0.6) is 5.75 Å². The number of ketones is 1. The molecule has 4 aliphatic rings. The van der Waals surface area contributed by atoms with Gasteiger partial charge in [0.2, 0.25) is 0 Å². The molecule has 0 atom stereocenters. The van der Waals surface area contributed by atoms with E-state index in [4.69, 9.17) is 16.3 Å². The van der Waals surface area contributed by atoms with Crippen LogP contribution >= 0.6 is 11.6 Å². The number of ether oxygens (including phenoxy) is 1. The average molecular weight is 458 g/mol. The number of nitrogens with zero attached hydrogens (tertiary/aromatic N) is 2. The molecule has 1 N–H and O–H groups in total. The van der Waals surface area contributed by atoms with Crippen LogP contribution in [0, 0.1) is 11.2 Å². The highest BCUT2D eigenvalue weighted by Gasteiger charge is 2.68. The zero-order valence-electron chi connectivity index (χ0n) is 17.7. The molecule has 2 bridgehead atoms. The van der Waals surface area contributed by atoms with Gasteiger partial charge < -0.3 is 15.0 Å². The third-order valence-electron chi connectivity index (χ3n) is 6.83. The summed E-state index contributed by atoms with van der Waals surface area (Å²) in [6.45, 7) is 1.93. The SMILES string of the molecule is O=C(COc1ccc(Cl)c(F)c1)CC12CC(NC(=O)c3cc(N4CCCC4)ccn3)(C1)C2. The second kappa shape index (κ2) is 8.03.